The van der Waals surface area contributed by atoms with Gasteiger partial charge in [0.05, 0.1) is 0 Å². The van der Waals surface area contributed by atoms with Gasteiger partial charge in [0, 0.05) is 66.5 Å². The van der Waals surface area contributed by atoms with Crippen molar-refractivity contribution in [3.05, 3.63) is 34.5 Å². The van der Waals surface area contributed by atoms with Gasteiger partial charge in [-0.05, 0) is 49.9 Å². The number of aryl methyl sites for hydroxylation is 1. The topological polar surface area (TPSA) is 42.5 Å². The Kier molecular flexibility index (Phi) is 5.55. The van der Waals surface area contributed by atoms with Gasteiger partial charge in [-0.25, -0.2) is 0 Å². The van der Waals surface area contributed by atoms with Crippen molar-refractivity contribution in [1.82, 2.24) is 14.8 Å². The van der Waals surface area contributed by atoms with E-state index in [1.54, 1.807) is 0 Å². The molecule has 0 radical (unpaired) electrons. The van der Waals surface area contributed by atoms with Crippen LogP contribution < -0.4 is 0 Å². The molecule has 4 rings (SSSR count). The highest BCUT2D eigenvalue weighted by molar-refractivity contribution is 6.31. The van der Waals surface area contributed by atoms with Crippen molar-refractivity contribution in [2.24, 2.45) is 0 Å². The van der Waals surface area contributed by atoms with Crippen LogP contribution in [-0.2, 0) is 6.54 Å². The Hall–Kier alpha value is -1.07. The number of aliphatic hydroxyl groups excluding tert-OH is 1. The van der Waals surface area contributed by atoms with E-state index in [1.807, 2.05) is 6.07 Å². The molecule has 26 heavy (non-hydrogen) atoms. The number of H-pyrrole nitrogens is 1. The molecule has 1 aliphatic heterocycles. The van der Waals surface area contributed by atoms with Gasteiger partial charge in [0.25, 0.3) is 0 Å². The molecular formula is C21H30ClN3O. The summed E-state index contributed by atoms with van der Waals surface area (Å²) in [6, 6.07) is 7.29. The fourth-order valence-corrected chi connectivity index (χ4v) is 5.11. The van der Waals surface area contributed by atoms with Crippen LogP contribution in [0.1, 0.15) is 43.4 Å². The molecule has 5 heteroatoms. The van der Waals surface area contributed by atoms with Crippen molar-refractivity contribution in [3.63, 3.8) is 0 Å². The van der Waals surface area contributed by atoms with Crippen LogP contribution >= 0.6 is 11.6 Å². The van der Waals surface area contributed by atoms with E-state index in [-0.39, 0.29) is 6.61 Å². The molecule has 4 nitrogen and oxygen atoms in total. The minimum Gasteiger partial charge on any atom is -0.396 e. The number of hydrogen-bond acceptors (Lipinski definition) is 3. The molecule has 1 aliphatic carbocycles. The smallest absolute Gasteiger partial charge is 0.0460 e. The summed E-state index contributed by atoms with van der Waals surface area (Å²) in [5.74, 6) is 0. The fraction of sp³-hybridized carbons (Fsp3) is 0.619. The van der Waals surface area contributed by atoms with E-state index in [0.29, 0.717) is 6.04 Å². The third-order valence-corrected chi connectivity index (χ3v) is 6.61. The normalized spacial score (nSPS) is 23.3. The van der Waals surface area contributed by atoms with E-state index in [2.05, 4.69) is 33.8 Å². The highest BCUT2D eigenvalue weighted by atomic mass is 35.5. The number of rotatable bonds is 5. The number of nitrogens with zero attached hydrogens (tertiary/aromatic N) is 2. The first kappa shape index (κ1) is 18.3. The summed E-state index contributed by atoms with van der Waals surface area (Å²) in [6.45, 7) is 6.69. The SMILES string of the molecule is Cc1c(CN2CCN(C3CCCC3)[C@@H](CCO)C2)[nH]c2ccc(Cl)cc12. The zero-order chi connectivity index (χ0) is 18.1. The highest BCUT2D eigenvalue weighted by Gasteiger charge is 2.33. The van der Waals surface area contributed by atoms with Crippen molar-refractivity contribution in [1.29, 1.82) is 0 Å². The van der Waals surface area contributed by atoms with Crippen LogP contribution in [0.5, 0.6) is 0 Å². The number of aromatic amines is 1. The Morgan fingerprint density at radius 3 is 2.81 bits per heavy atom. The van der Waals surface area contributed by atoms with Gasteiger partial charge in [-0.1, -0.05) is 24.4 Å². The first-order valence-corrected chi connectivity index (χ1v) is 10.4. The number of hydrogen-bond donors (Lipinski definition) is 2. The second-order valence-corrected chi connectivity index (χ2v) is 8.43. The summed E-state index contributed by atoms with van der Waals surface area (Å²) in [5, 5.41) is 11.6. The second kappa shape index (κ2) is 7.89. The number of benzene rings is 1. The lowest BCUT2D eigenvalue weighted by Gasteiger charge is -2.44. The number of aliphatic hydroxyl groups is 1. The second-order valence-electron chi connectivity index (χ2n) is 8.00. The molecule has 1 saturated heterocycles. The van der Waals surface area contributed by atoms with E-state index in [1.165, 1.54) is 47.8 Å². The molecule has 1 atom stereocenters. The van der Waals surface area contributed by atoms with E-state index in [9.17, 15) is 5.11 Å². The first-order chi connectivity index (χ1) is 12.7. The van der Waals surface area contributed by atoms with Crippen LogP contribution in [0.25, 0.3) is 10.9 Å². The lowest BCUT2D eigenvalue weighted by molar-refractivity contribution is 0.0263. The molecule has 0 amide bonds. The predicted molar refractivity (Wildman–Crippen MR) is 108 cm³/mol. The van der Waals surface area contributed by atoms with Crippen molar-refractivity contribution < 1.29 is 5.11 Å². The minimum atomic E-state index is 0.283. The standard InChI is InChI=1S/C21H30ClN3O/c1-15-19-12-16(22)6-7-20(19)23-21(15)14-24-9-10-25(17-4-2-3-5-17)18(13-24)8-11-26/h6-7,12,17-18,23,26H,2-5,8-11,13-14H2,1H3/t18-/m0/s1. The number of piperazine rings is 1. The van der Waals surface area contributed by atoms with Gasteiger partial charge in [-0.3, -0.25) is 9.80 Å². The van der Waals surface area contributed by atoms with Crippen molar-refractivity contribution in [3.8, 4) is 0 Å². The van der Waals surface area contributed by atoms with E-state index >= 15 is 0 Å². The molecule has 2 aromatic rings. The van der Waals surface area contributed by atoms with Crippen LogP contribution in [0.4, 0.5) is 0 Å². The Morgan fingerprint density at radius 1 is 1.23 bits per heavy atom. The molecule has 1 aromatic heterocycles. The zero-order valence-corrected chi connectivity index (χ0v) is 16.4. The van der Waals surface area contributed by atoms with Gasteiger partial charge in [0.15, 0.2) is 0 Å². The molecular weight excluding hydrogens is 346 g/mol. The monoisotopic (exact) mass is 375 g/mol. The minimum absolute atomic E-state index is 0.283. The third-order valence-electron chi connectivity index (χ3n) is 6.37. The van der Waals surface area contributed by atoms with E-state index in [0.717, 1.165) is 43.7 Å². The maximum absolute atomic E-state index is 9.56. The van der Waals surface area contributed by atoms with Gasteiger partial charge in [0.1, 0.15) is 0 Å². The van der Waals surface area contributed by atoms with Crippen LogP contribution in [-0.4, -0.2) is 58.2 Å². The zero-order valence-electron chi connectivity index (χ0n) is 15.7. The Balaban J connectivity index is 1.48. The predicted octanol–water partition coefficient (Wildman–Crippen LogP) is 3.94. The van der Waals surface area contributed by atoms with E-state index in [4.69, 9.17) is 11.6 Å². The van der Waals surface area contributed by atoms with Crippen molar-refractivity contribution >= 4 is 22.5 Å². The van der Waals surface area contributed by atoms with Crippen molar-refractivity contribution in [2.45, 2.75) is 57.7 Å². The van der Waals surface area contributed by atoms with Crippen molar-refractivity contribution in [2.75, 3.05) is 26.2 Å². The molecule has 1 aromatic carbocycles. The highest BCUT2D eigenvalue weighted by Crippen LogP contribution is 2.30. The first-order valence-electron chi connectivity index (χ1n) is 10.0. The molecule has 2 heterocycles. The average Bonchev–Trinajstić information content (AvgIpc) is 3.26. The maximum Gasteiger partial charge on any atom is 0.0460 e. The number of nitrogens with one attached hydrogen (secondary N) is 1. The van der Waals surface area contributed by atoms with Gasteiger partial charge < -0.3 is 10.1 Å². The van der Waals surface area contributed by atoms with Gasteiger partial charge in [-0.2, -0.15) is 0 Å². The van der Waals surface area contributed by atoms with Gasteiger partial charge in [0.2, 0.25) is 0 Å². The number of halogens is 1. The Morgan fingerprint density at radius 2 is 2.04 bits per heavy atom. The van der Waals surface area contributed by atoms with Gasteiger partial charge >= 0.3 is 0 Å². The summed E-state index contributed by atoms with van der Waals surface area (Å²) in [7, 11) is 0. The maximum atomic E-state index is 9.56. The fourth-order valence-electron chi connectivity index (χ4n) is 4.94. The third kappa shape index (κ3) is 3.65. The number of aromatic nitrogens is 1. The summed E-state index contributed by atoms with van der Waals surface area (Å²) in [4.78, 5) is 8.83. The average molecular weight is 376 g/mol. The molecule has 0 bridgehead atoms. The van der Waals surface area contributed by atoms with Crippen LogP contribution in [0, 0.1) is 6.92 Å². The largest absolute Gasteiger partial charge is 0.396 e. The number of fused-ring (bicyclic) bond motifs is 1. The molecule has 1 saturated carbocycles. The molecule has 2 aliphatic rings. The van der Waals surface area contributed by atoms with Crippen LogP contribution in [0.15, 0.2) is 18.2 Å². The quantitative estimate of drug-likeness (QED) is 0.831. The molecule has 0 spiro atoms. The summed E-state index contributed by atoms with van der Waals surface area (Å²) < 4.78 is 0. The summed E-state index contributed by atoms with van der Waals surface area (Å²) in [6.07, 6.45) is 6.29. The van der Waals surface area contributed by atoms with Crippen LogP contribution in [0.3, 0.4) is 0 Å². The van der Waals surface area contributed by atoms with E-state index < -0.39 is 0 Å². The molecule has 2 fully saturated rings. The molecule has 0 unspecified atom stereocenters. The lowest BCUT2D eigenvalue weighted by Crippen LogP contribution is -2.56. The summed E-state index contributed by atoms with van der Waals surface area (Å²) >= 11 is 6.17. The molecule has 142 valence electrons. The van der Waals surface area contributed by atoms with Crippen LogP contribution in [0.2, 0.25) is 5.02 Å². The molecule has 2 N–H and O–H groups in total. The summed E-state index contributed by atoms with van der Waals surface area (Å²) in [5.41, 5.74) is 3.76. The van der Waals surface area contributed by atoms with Gasteiger partial charge in [-0.15, -0.1) is 0 Å². The Bertz CT molecular complexity index is 753. The lowest BCUT2D eigenvalue weighted by atomic mass is 10.0. The Labute approximate surface area is 161 Å².